The van der Waals surface area contributed by atoms with E-state index in [9.17, 15) is 13.6 Å². The maximum atomic E-state index is 12.5. The van der Waals surface area contributed by atoms with Crippen LogP contribution in [0.4, 0.5) is 14.5 Å². The highest BCUT2D eigenvalue weighted by molar-refractivity contribution is 6.07. The Morgan fingerprint density at radius 1 is 1.50 bits per heavy atom. The maximum absolute atomic E-state index is 12.5. The molecule has 0 atom stereocenters. The van der Waals surface area contributed by atoms with Crippen LogP contribution in [0, 0.1) is 0 Å². The van der Waals surface area contributed by atoms with Crippen LogP contribution in [0.5, 0.6) is 0 Å². The number of nitrogens with two attached hydrogens (primary N) is 1. The van der Waals surface area contributed by atoms with E-state index in [2.05, 4.69) is 5.10 Å². The topological polar surface area (TPSA) is 81.1 Å². The molecule has 0 bridgehead atoms. The Bertz CT molecular complexity index is 565. The molecule has 0 aliphatic heterocycles. The van der Waals surface area contributed by atoms with Crippen molar-refractivity contribution in [3.8, 4) is 0 Å². The fraction of sp³-hybridized carbons (Fsp3) is 0.111. The zero-order valence-electron chi connectivity index (χ0n) is 7.89. The molecule has 0 spiro atoms. The molecule has 7 heteroatoms. The molecule has 0 aliphatic carbocycles. The van der Waals surface area contributed by atoms with Gasteiger partial charge in [0.25, 0.3) is 0 Å². The van der Waals surface area contributed by atoms with Gasteiger partial charge in [-0.25, -0.2) is 9.48 Å². The lowest BCUT2D eigenvalue weighted by atomic mass is 10.1. The number of hydrogen-bond donors (Lipinski definition) is 2. The highest BCUT2D eigenvalue weighted by atomic mass is 19.3. The van der Waals surface area contributed by atoms with Crippen molar-refractivity contribution in [2.75, 3.05) is 5.73 Å². The largest absolute Gasteiger partial charge is 0.478 e. The first-order valence-electron chi connectivity index (χ1n) is 4.29. The van der Waals surface area contributed by atoms with Crippen LogP contribution in [0.1, 0.15) is 16.9 Å². The van der Waals surface area contributed by atoms with E-state index in [0.29, 0.717) is 4.68 Å². The third-order valence-electron chi connectivity index (χ3n) is 2.21. The van der Waals surface area contributed by atoms with E-state index in [1.165, 1.54) is 12.1 Å². The molecule has 84 valence electrons. The summed E-state index contributed by atoms with van der Waals surface area (Å²) in [5.74, 6) is -1.27. The number of benzene rings is 1. The van der Waals surface area contributed by atoms with Crippen LogP contribution in [0.2, 0.25) is 0 Å². The summed E-state index contributed by atoms with van der Waals surface area (Å²) in [6.45, 7) is -2.82. The molecule has 0 radical (unpaired) electrons. The number of fused-ring (bicyclic) bond motifs is 1. The lowest BCUT2D eigenvalue weighted by Gasteiger charge is -2.04. The van der Waals surface area contributed by atoms with Gasteiger partial charge in [-0.05, 0) is 12.1 Å². The molecule has 0 fully saturated rings. The first-order valence-corrected chi connectivity index (χ1v) is 4.29. The number of carboxylic acid groups (broad SMARTS) is 1. The smallest absolute Gasteiger partial charge is 0.338 e. The highest BCUT2D eigenvalue weighted by Crippen LogP contribution is 2.26. The molecule has 1 heterocycles. The molecule has 0 amide bonds. The molecule has 3 N–H and O–H groups in total. The number of nitrogens with zero attached hydrogens (tertiary/aromatic N) is 2. The van der Waals surface area contributed by atoms with Crippen molar-refractivity contribution in [1.82, 2.24) is 9.78 Å². The Morgan fingerprint density at radius 3 is 2.75 bits per heavy atom. The summed E-state index contributed by atoms with van der Waals surface area (Å²) in [7, 11) is 0. The van der Waals surface area contributed by atoms with Crippen molar-refractivity contribution in [2.24, 2.45) is 0 Å². The minimum Gasteiger partial charge on any atom is -0.478 e. The number of aromatic nitrogens is 2. The predicted molar refractivity (Wildman–Crippen MR) is 52.4 cm³/mol. The first kappa shape index (κ1) is 10.3. The molecule has 1 aromatic carbocycles. The number of rotatable bonds is 2. The summed E-state index contributed by atoms with van der Waals surface area (Å²) in [6.07, 6.45) is 1.07. The molecule has 16 heavy (non-hydrogen) atoms. The number of alkyl halides is 2. The zero-order valence-corrected chi connectivity index (χ0v) is 7.89. The van der Waals surface area contributed by atoms with Gasteiger partial charge >= 0.3 is 12.5 Å². The van der Waals surface area contributed by atoms with E-state index in [-0.39, 0.29) is 22.2 Å². The number of hydrogen-bond acceptors (Lipinski definition) is 3. The molecular formula is C9H7F2N3O2. The summed E-state index contributed by atoms with van der Waals surface area (Å²) in [5.41, 5.74) is 5.33. The standard InChI is InChI=1S/C9H7F2N3O2/c10-9(11)14-6-2-1-5(12)7(8(15)16)4(6)3-13-14/h1-3,9H,12H2,(H,15,16). The van der Waals surface area contributed by atoms with E-state index >= 15 is 0 Å². The average Bonchev–Trinajstić information content (AvgIpc) is 2.59. The van der Waals surface area contributed by atoms with E-state index < -0.39 is 12.5 Å². The molecule has 0 unspecified atom stereocenters. The minimum absolute atomic E-state index is 0.0221. The second-order valence-corrected chi connectivity index (χ2v) is 3.13. The normalized spacial score (nSPS) is 11.2. The van der Waals surface area contributed by atoms with Gasteiger partial charge in [0.2, 0.25) is 0 Å². The monoisotopic (exact) mass is 227 g/mol. The van der Waals surface area contributed by atoms with Crippen molar-refractivity contribution in [3.63, 3.8) is 0 Å². The highest BCUT2D eigenvalue weighted by Gasteiger charge is 2.18. The van der Waals surface area contributed by atoms with Crippen LogP contribution in [-0.4, -0.2) is 20.9 Å². The van der Waals surface area contributed by atoms with Crippen molar-refractivity contribution in [3.05, 3.63) is 23.9 Å². The van der Waals surface area contributed by atoms with E-state index in [1.807, 2.05) is 0 Å². The predicted octanol–water partition coefficient (Wildman–Crippen LogP) is 1.71. The van der Waals surface area contributed by atoms with Gasteiger partial charge < -0.3 is 10.8 Å². The zero-order chi connectivity index (χ0) is 11.9. The molecule has 2 aromatic rings. The van der Waals surface area contributed by atoms with Gasteiger partial charge in [0.05, 0.1) is 17.3 Å². The van der Waals surface area contributed by atoms with Gasteiger partial charge in [-0.1, -0.05) is 0 Å². The molecule has 0 saturated heterocycles. The van der Waals surface area contributed by atoms with Gasteiger partial charge in [0.15, 0.2) is 0 Å². The fourth-order valence-corrected chi connectivity index (χ4v) is 1.53. The third-order valence-corrected chi connectivity index (χ3v) is 2.21. The number of anilines is 1. The molecular weight excluding hydrogens is 220 g/mol. The Kier molecular flexibility index (Phi) is 2.22. The van der Waals surface area contributed by atoms with Crippen LogP contribution in [-0.2, 0) is 0 Å². The maximum Gasteiger partial charge on any atom is 0.338 e. The summed E-state index contributed by atoms with van der Waals surface area (Å²) < 4.78 is 25.4. The van der Waals surface area contributed by atoms with Crippen LogP contribution in [0.25, 0.3) is 10.9 Å². The molecule has 1 aromatic heterocycles. The minimum atomic E-state index is -2.82. The third kappa shape index (κ3) is 1.37. The number of halogens is 2. The van der Waals surface area contributed by atoms with Gasteiger partial charge in [0, 0.05) is 11.1 Å². The molecule has 0 aliphatic rings. The first-order chi connectivity index (χ1) is 7.52. The van der Waals surface area contributed by atoms with Crippen molar-refractivity contribution in [2.45, 2.75) is 6.55 Å². The van der Waals surface area contributed by atoms with E-state index in [1.54, 1.807) is 0 Å². The number of carboxylic acids is 1. The number of carbonyl (C=O) groups is 1. The Morgan fingerprint density at radius 2 is 2.19 bits per heavy atom. The van der Waals surface area contributed by atoms with Crippen LogP contribution >= 0.6 is 0 Å². The molecule has 2 rings (SSSR count). The van der Waals surface area contributed by atoms with Crippen LogP contribution in [0.3, 0.4) is 0 Å². The fourth-order valence-electron chi connectivity index (χ4n) is 1.53. The van der Waals surface area contributed by atoms with Gasteiger partial charge in [-0.2, -0.15) is 13.9 Å². The van der Waals surface area contributed by atoms with Crippen LogP contribution < -0.4 is 5.73 Å². The summed E-state index contributed by atoms with van der Waals surface area (Å²) in [5, 5.41) is 12.4. The lowest BCUT2D eigenvalue weighted by Crippen LogP contribution is -2.04. The Hall–Kier alpha value is -2.18. The van der Waals surface area contributed by atoms with Crippen molar-refractivity contribution < 1.29 is 18.7 Å². The summed E-state index contributed by atoms with van der Waals surface area (Å²) in [6, 6.07) is 2.59. The van der Waals surface area contributed by atoms with E-state index in [4.69, 9.17) is 10.8 Å². The van der Waals surface area contributed by atoms with Gasteiger partial charge in [0.1, 0.15) is 0 Å². The summed E-state index contributed by atoms with van der Waals surface area (Å²) in [4.78, 5) is 10.9. The second kappa shape index (κ2) is 3.44. The van der Waals surface area contributed by atoms with Gasteiger partial charge in [-0.15, -0.1) is 0 Å². The van der Waals surface area contributed by atoms with Crippen LogP contribution in [0.15, 0.2) is 18.3 Å². The second-order valence-electron chi connectivity index (χ2n) is 3.13. The Balaban J connectivity index is 2.81. The van der Waals surface area contributed by atoms with Gasteiger partial charge in [-0.3, -0.25) is 0 Å². The molecule has 0 saturated carbocycles. The van der Waals surface area contributed by atoms with E-state index in [0.717, 1.165) is 6.20 Å². The lowest BCUT2D eigenvalue weighted by molar-refractivity contribution is 0.0613. The SMILES string of the molecule is Nc1ccc2c(cnn2C(F)F)c1C(=O)O. The summed E-state index contributed by atoms with van der Waals surface area (Å²) >= 11 is 0. The Labute approximate surface area is 88.1 Å². The van der Waals surface area contributed by atoms with Crippen molar-refractivity contribution in [1.29, 1.82) is 0 Å². The molecule has 5 nitrogen and oxygen atoms in total. The average molecular weight is 227 g/mol. The van der Waals surface area contributed by atoms with Crippen molar-refractivity contribution >= 4 is 22.6 Å². The quantitative estimate of drug-likeness (QED) is 0.765. The number of nitrogen functional groups attached to an aromatic ring is 1. The number of aromatic carboxylic acids is 1.